The van der Waals surface area contributed by atoms with Gasteiger partial charge in [0.1, 0.15) is 0 Å². The van der Waals surface area contributed by atoms with E-state index in [2.05, 4.69) is 0 Å². The van der Waals surface area contributed by atoms with Crippen LogP contribution < -0.4 is 0 Å². The topological polar surface area (TPSA) is 60.7 Å². The molecular weight excluding hydrogens is 96.0 g/mol. The summed E-state index contributed by atoms with van der Waals surface area (Å²) >= 11 is 0. The van der Waals surface area contributed by atoms with Crippen LogP contribution in [0.3, 0.4) is 0 Å². The maximum Gasteiger partial charge on any atom is 0.171 e. The molecule has 0 spiro atoms. The molecule has 7 heavy (non-hydrogen) atoms. The van der Waals surface area contributed by atoms with Crippen LogP contribution in [0.25, 0.3) is 0 Å². The van der Waals surface area contributed by atoms with Gasteiger partial charge < -0.3 is 15.3 Å². The molecule has 0 aromatic rings. The molecule has 0 rings (SSSR count). The third-order valence-corrected chi connectivity index (χ3v) is 0.414. The highest BCUT2D eigenvalue weighted by Gasteiger charge is 1.81. The Morgan fingerprint density at radius 3 is 2.14 bits per heavy atom. The van der Waals surface area contributed by atoms with Crippen LogP contribution in [-0.2, 0) is 0 Å². The quantitative estimate of drug-likeness (QED) is 0.306. The molecule has 0 aromatic carbocycles. The van der Waals surface area contributed by atoms with Gasteiger partial charge in [-0.3, -0.25) is 0 Å². The van der Waals surface area contributed by atoms with Gasteiger partial charge in [-0.2, -0.15) is 0 Å². The first-order valence-corrected chi connectivity index (χ1v) is 1.91. The highest BCUT2D eigenvalue weighted by atomic mass is 16.5. The Kier molecular flexibility index (Phi) is 3.59. The van der Waals surface area contributed by atoms with E-state index < -0.39 is 6.29 Å². The Morgan fingerprint density at radius 2 is 2.00 bits per heavy atom. The summed E-state index contributed by atoms with van der Waals surface area (Å²) in [6.45, 7) is -0.155. The van der Waals surface area contributed by atoms with Crippen LogP contribution in [0.1, 0.15) is 0 Å². The third kappa shape index (κ3) is 5.62. The van der Waals surface area contributed by atoms with Gasteiger partial charge in [0.15, 0.2) is 6.29 Å². The van der Waals surface area contributed by atoms with Crippen LogP contribution in [0, 0.1) is 0 Å². The second-order valence-electron chi connectivity index (χ2n) is 1.02. The van der Waals surface area contributed by atoms with Crippen molar-refractivity contribution in [3.63, 3.8) is 0 Å². The maximum absolute atomic E-state index is 8.04. The van der Waals surface area contributed by atoms with E-state index in [0.717, 1.165) is 6.08 Å². The monoisotopic (exact) mass is 104 g/mol. The summed E-state index contributed by atoms with van der Waals surface area (Å²) in [5, 5.41) is 24.1. The van der Waals surface area contributed by atoms with Crippen molar-refractivity contribution in [2.24, 2.45) is 0 Å². The van der Waals surface area contributed by atoms with Crippen LogP contribution in [0.15, 0.2) is 12.2 Å². The molecule has 0 saturated heterocycles. The zero-order valence-electron chi connectivity index (χ0n) is 3.78. The molecule has 42 valence electrons. The van der Waals surface area contributed by atoms with Crippen LogP contribution in [0.5, 0.6) is 0 Å². The molecule has 3 N–H and O–H groups in total. The zero-order valence-corrected chi connectivity index (χ0v) is 3.78. The van der Waals surface area contributed by atoms with Gasteiger partial charge >= 0.3 is 0 Å². The summed E-state index contributed by atoms with van der Waals surface area (Å²) < 4.78 is 0. The molecule has 0 aliphatic carbocycles. The first-order valence-electron chi connectivity index (χ1n) is 1.91. The predicted octanol–water partition coefficient (Wildman–Crippen LogP) is -1.15. The number of hydrogen-bond acceptors (Lipinski definition) is 3. The second-order valence-corrected chi connectivity index (χ2v) is 1.02. The Labute approximate surface area is 41.5 Å². The SMILES string of the molecule is OCC=CC(O)O. The van der Waals surface area contributed by atoms with E-state index in [-0.39, 0.29) is 6.61 Å². The van der Waals surface area contributed by atoms with Crippen LogP contribution in [0.4, 0.5) is 0 Å². The average molecular weight is 104 g/mol. The van der Waals surface area contributed by atoms with Gasteiger partial charge in [-0.05, 0) is 6.08 Å². The van der Waals surface area contributed by atoms with Crippen molar-refractivity contribution in [3.05, 3.63) is 12.2 Å². The summed E-state index contributed by atoms with van der Waals surface area (Å²) in [5.41, 5.74) is 0. The first kappa shape index (κ1) is 6.62. The van der Waals surface area contributed by atoms with Crippen molar-refractivity contribution in [1.29, 1.82) is 0 Å². The highest BCUT2D eigenvalue weighted by molar-refractivity contribution is 4.82. The lowest BCUT2D eigenvalue weighted by molar-refractivity contribution is 0.00194. The number of rotatable bonds is 2. The van der Waals surface area contributed by atoms with Crippen molar-refractivity contribution in [3.8, 4) is 0 Å². The van der Waals surface area contributed by atoms with Gasteiger partial charge in [-0.1, -0.05) is 6.08 Å². The molecule has 0 aliphatic rings. The van der Waals surface area contributed by atoms with E-state index in [4.69, 9.17) is 15.3 Å². The van der Waals surface area contributed by atoms with E-state index >= 15 is 0 Å². The fourth-order valence-electron chi connectivity index (χ4n) is 0.183. The van der Waals surface area contributed by atoms with Crippen LogP contribution >= 0.6 is 0 Å². The number of aliphatic hydroxyl groups excluding tert-OH is 2. The zero-order chi connectivity index (χ0) is 5.70. The molecule has 0 radical (unpaired) electrons. The van der Waals surface area contributed by atoms with Gasteiger partial charge in [-0.25, -0.2) is 0 Å². The minimum Gasteiger partial charge on any atom is -0.392 e. The summed E-state index contributed by atoms with van der Waals surface area (Å²) in [7, 11) is 0. The van der Waals surface area contributed by atoms with Crippen molar-refractivity contribution >= 4 is 0 Å². The molecular formula is C4H8O3. The second kappa shape index (κ2) is 3.80. The molecule has 0 bridgehead atoms. The molecule has 0 heterocycles. The predicted molar refractivity (Wildman–Crippen MR) is 24.5 cm³/mol. The first-order chi connectivity index (χ1) is 3.27. The van der Waals surface area contributed by atoms with Crippen LogP contribution in [-0.4, -0.2) is 28.2 Å². The summed E-state index contributed by atoms with van der Waals surface area (Å²) in [5.74, 6) is 0. The number of aliphatic hydroxyl groups is 3. The number of hydrogen-bond donors (Lipinski definition) is 3. The molecule has 0 aliphatic heterocycles. The molecule has 0 saturated carbocycles. The standard InChI is InChI=1S/C4H8O3/c5-3-1-2-4(6)7/h1-2,4-7H,3H2. The fraction of sp³-hybridized carbons (Fsp3) is 0.500. The summed E-state index contributed by atoms with van der Waals surface area (Å²) in [6, 6.07) is 0. The molecule has 3 heteroatoms. The van der Waals surface area contributed by atoms with Gasteiger partial charge in [0, 0.05) is 0 Å². The molecule has 3 nitrogen and oxygen atoms in total. The fourth-order valence-corrected chi connectivity index (χ4v) is 0.183. The summed E-state index contributed by atoms with van der Waals surface area (Å²) in [6.07, 6.45) is 0.900. The summed E-state index contributed by atoms with van der Waals surface area (Å²) in [4.78, 5) is 0. The molecule has 0 amide bonds. The van der Waals surface area contributed by atoms with Gasteiger partial charge in [0.05, 0.1) is 6.61 Å². The normalized spacial score (nSPS) is 11.4. The van der Waals surface area contributed by atoms with Gasteiger partial charge in [0.25, 0.3) is 0 Å². The van der Waals surface area contributed by atoms with Crippen molar-refractivity contribution in [1.82, 2.24) is 0 Å². The van der Waals surface area contributed by atoms with Crippen molar-refractivity contribution in [2.45, 2.75) is 6.29 Å². The lowest BCUT2D eigenvalue weighted by atomic mass is 10.5. The Balaban J connectivity index is 3.08. The minimum absolute atomic E-state index is 0.155. The molecule has 0 atom stereocenters. The Morgan fingerprint density at radius 1 is 1.43 bits per heavy atom. The van der Waals surface area contributed by atoms with E-state index in [9.17, 15) is 0 Å². The molecule has 0 fully saturated rings. The molecule has 0 unspecified atom stereocenters. The van der Waals surface area contributed by atoms with Crippen LogP contribution in [0.2, 0.25) is 0 Å². The molecule has 0 aromatic heterocycles. The smallest absolute Gasteiger partial charge is 0.171 e. The van der Waals surface area contributed by atoms with Gasteiger partial charge in [-0.15, -0.1) is 0 Å². The van der Waals surface area contributed by atoms with E-state index in [0.29, 0.717) is 0 Å². The lowest BCUT2D eigenvalue weighted by Gasteiger charge is -1.88. The largest absolute Gasteiger partial charge is 0.392 e. The lowest BCUT2D eigenvalue weighted by Crippen LogP contribution is -1.97. The van der Waals surface area contributed by atoms with E-state index in [1.807, 2.05) is 0 Å². The van der Waals surface area contributed by atoms with Crippen molar-refractivity contribution < 1.29 is 15.3 Å². The maximum atomic E-state index is 8.04. The average Bonchev–Trinajstić information content (AvgIpc) is 1.61. The minimum atomic E-state index is -1.44. The van der Waals surface area contributed by atoms with Gasteiger partial charge in [0.2, 0.25) is 0 Å². The highest BCUT2D eigenvalue weighted by Crippen LogP contribution is 1.75. The van der Waals surface area contributed by atoms with E-state index in [1.54, 1.807) is 0 Å². The Bertz CT molecular complexity index is 58.0. The Hall–Kier alpha value is -0.380. The van der Waals surface area contributed by atoms with E-state index in [1.165, 1.54) is 6.08 Å². The third-order valence-electron chi connectivity index (χ3n) is 0.414. The van der Waals surface area contributed by atoms with Crippen molar-refractivity contribution in [2.75, 3.05) is 6.61 Å².